The molecule has 2 N–H and O–H groups in total. The van der Waals surface area contributed by atoms with Crippen molar-refractivity contribution in [1.82, 2.24) is 0 Å². The molecule has 0 bridgehead atoms. The van der Waals surface area contributed by atoms with Crippen LogP contribution in [0.3, 0.4) is 0 Å². The molecule has 23 heavy (non-hydrogen) atoms. The molecular formula is C15H14FN3O4. The lowest BCUT2D eigenvalue weighted by molar-refractivity contribution is -0.384. The van der Waals surface area contributed by atoms with Crippen molar-refractivity contribution < 1.29 is 18.8 Å². The van der Waals surface area contributed by atoms with E-state index in [4.69, 9.17) is 4.74 Å². The number of amides is 1. The van der Waals surface area contributed by atoms with Crippen LogP contribution in [-0.4, -0.2) is 24.5 Å². The molecule has 0 saturated heterocycles. The van der Waals surface area contributed by atoms with Gasteiger partial charge in [-0.25, -0.2) is 4.39 Å². The first-order chi connectivity index (χ1) is 11.0. The van der Waals surface area contributed by atoms with Crippen molar-refractivity contribution in [3.8, 4) is 5.75 Å². The minimum absolute atomic E-state index is 0.130. The second-order valence-electron chi connectivity index (χ2n) is 4.55. The standard InChI is InChI=1S/C15H14FN3O4/c1-23-14-6-5-12(19(21)22)8-13(14)18-15(20)9-17-11-4-2-3-10(16)7-11/h2-8,17H,9H2,1H3,(H,18,20). The fraction of sp³-hybridized carbons (Fsp3) is 0.133. The number of methoxy groups -OCH3 is 1. The zero-order valence-electron chi connectivity index (χ0n) is 12.2. The molecule has 0 aliphatic heterocycles. The fourth-order valence-electron chi connectivity index (χ4n) is 1.88. The van der Waals surface area contributed by atoms with Crippen LogP contribution in [0.25, 0.3) is 0 Å². The summed E-state index contributed by atoms with van der Waals surface area (Å²) < 4.78 is 18.1. The van der Waals surface area contributed by atoms with Crippen molar-refractivity contribution in [2.45, 2.75) is 0 Å². The molecule has 0 heterocycles. The Kier molecular flexibility index (Phi) is 5.08. The summed E-state index contributed by atoms with van der Waals surface area (Å²) in [7, 11) is 1.39. The summed E-state index contributed by atoms with van der Waals surface area (Å²) in [6.45, 7) is -0.130. The predicted octanol–water partition coefficient (Wildman–Crippen LogP) is 2.79. The molecule has 7 nitrogen and oxygen atoms in total. The molecule has 1 amide bonds. The molecule has 2 rings (SSSR count). The van der Waals surface area contributed by atoms with Crippen LogP contribution in [0.4, 0.5) is 21.5 Å². The van der Waals surface area contributed by atoms with Gasteiger partial charge in [-0.3, -0.25) is 14.9 Å². The molecule has 0 saturated carbocycles. The number of carbonyl (C=O) groups excluding carboxylic acids is 1. The lowest BCUT2D eigenvalue weighted by Gasteiger charge is -2.11. The van der Waals surface area contributed by atoms with Crippen molar-refractivity contribution in [1.29, 1.82) is 0 Å². The first-order valence-electron chi connectivity index (χ1n) is 6.61. The highest BCUT2D eigenvalue weighted by molar-refractivity contribution is 5.95. The summed E-state index contributed by atoms with van der Waals surface area (Å²) in [5.41, 5.74) is 0.470. The number of halogens is 1. The smallest absolute Gasteiger partial charge is 0.271 e. The molecule has 0 spiro atoms. The number of ether oxygens (including phenoxy) is 1. The first kappa shape index (κ1) is 16.2. The summed E-state index contributed by atoms with van der Waals surface area (Å²) >= 11 is 0. The molecule has 0 aliphatic rings. The number of rotatable bonds is 6. The van der Waals surface area contributed by atoms with Crippen LogP contribution < -0.4 is 15.4 Å². The van der Waals surface area contributed by atoms with E-state index in [0.717, 1.165) is 0 Å². The number of carbonyl (C=O) groups is 1. The maximum absolute atomic E-state index is 13.0. The number of nitrogens with one attached hydrogen (secondary N) is 2. The molecule has 120 valence electrons. The third-order valence-electron chi connectivity index (χ3n) is 2.95. The van der Waals surface area contributed by atoms with E-state index in [2.05, 4.69) is 10.6 Å². The largest absolute Gasteiger partial charge is 0.495 e. The Labute approximate surface area is 131 Å². The zero-order valence-corrected chi connectivity index (χ0v) is 12.2. The monoisotopic (exact) mass is 319 g/mol. The van der Waals surface area contributed by atoms with Crippen molar-refractivity contribution in [2.24, 2.45) is 0 Å². The Morgan fingerprint density at radius 1 is 1.30 bits per heavy atom. The minimum atomic E-state index is -0.569. The maximum Gasteiger partial charge on any atom is 0.271 e. The van der Waals surface area contributed by atoms with Gasteiger partial charge in [0.2, 0.25) is 5.91 Å². The van der Waals surface area contributed by atoms with E-state index in [9.17, 15) is 19.3 Å². The number of non-ortho nitro benzene ring substituents is 1. The van der Waals surface area contributed by atoms with E-state index >= 15 is 0 Å². The molecule has 0 unspecified atom stereocenters. The summed E-state index contributed by atoms with van der Waals surface area (Å²) in [5, 5.41) is 16.1. The molecule has 0 aliphatic carbocycles. The van der Waals surface area contributed by atoms with Gasteiger partial charge in [-0.1, -0.05) is 6.07 Å². The van der Waals surface area contributed by atoms with Crippen LogP contribution in [0.15, 0.2) is 42.5 Å². The summed E-state index contributed by atoms with van der Waals surface area (Å²) in [6, 6.07) is 9.55. The molecule has 0 aromatic heterocycles. The van der Waals surface area contributed by atoms with E-state index < -0.39 is 16.6 Å². The molecular weight excluding hydrogens is 305 g/mol. The van der Waals surface area contributed by atoms with Crippen LogP contribution >= 0.6 is 0 Å². The number of hydrogen-bond acceptors (Lipinski definition) is 5. The number of nitrogens with zero attached hydrogens (tertiary/aromatic N) is 1. The average Bonchev–Trinajstić information content (AvgIpc) is 2.53. The molecule has 8 heteroatoms. The maximum atomic E-state index is 13.0. The number of nitro groups is 1. The van der Waals surface area contributed by atoms with E-state index in [-0.39, 0.29) is 17.9 Å². The van der Waals surface area contributed by atoms with E-state index in [1.807, 2.05) is 0 Å². The topological polar surface area (TPSA) is 93.5 Å². The summed E-state index contributed by atoms with van der Waals surface area (Å²) in [5.74, 6) is -0.571. The Bertz CT molecular complexity index is 736. The third-order valence-corrected chi connectivity index (χ3v) is 2.95. The third kappa shape index (κ3) is 4.40. The van der Waals surface area contributed by atoms with Gasteiger partial charge in [-0.2, -0.15) is 0 Å². The van der Waals surface area contributed by atoms with Gasteiger partial charge in [0.25, 0.3) is 5.69 Å². The highest BCUT2D eigenvalue weighted by atomic mass is 19.1. The first-order valence-corrected chi connectivity index (χ1v) is 6.61. The van der Waals surface area contributed by atoms with Gasteiger partial charge in [0.05, 0.1) is 24.3 Å². The minimum Gasteiger partial charge on any atom is -0.495 e. The molecule has 0 atom stereocenters. The fourth-order valence-corrected chi connectivity index (χ4v) is 1.88. The Balaban J connectivity index is 2.04. The second-order valence-corrected chi connectivity index (χ2v) is 4.55. The number of benzene rings is 2. The van der Waals surface area contributed by atoms with Gasteiger partial charge < -0.3 is 15.4 Å². The quantitative estimate of drug-likeness (QED) is 0.631. The SMILES string of the molecule is COc1ccc([N+](=O)[O-])cc1NC(=O)CNc1cccc(F)c1. The lowest BCUT2D eigenvalue weighted by atomic mass is 10.2. The van der Waals surface area contributed by atoms with Gasteiger partial charge in [-0.15, -0.1) is 0 Å². The van der Waals surface area contributed by atoms with E-state index in [1.165, 1.54) is 43.5 Å². The van der Waals surface area contributed by atoms with Gasteiger partial charge in [0.15, 0.2) is 0 Å². The highest BCUT2D eigenvalue weighted by Crippen LogP contribution is 2.28. The van der Waals surface area contributed by atoms with Crippen LogP contribution in [0, 0.1) is 15.9 Å². The highest BCUT2D eigenvalue weighted by Gasteiger charge is 2.13. The molecule has 2 aromatic rings. The van der Waals surface area contributed by atoms with Gasteiger partial charge in [0.1, 0.15) is 11.6 Å². The lowest BCUT2D eigenvalue weighted by Crippen LogP contribution is -2.22. The predicted molar refractivity (Wildman–Crippen MR) is 83.2 cm³/mol. The van der Waals surface area contributed by atoms with E-state index in [1.54, 1.807) is 6.07 Å². The Hall–Kier alpha value is -3.16. The van der Waals surface area contributed by atoms with Gasteiger partial charge >= 0.3 is 0 Å². The van der Waals surface area contributed by atoms with Crippen LogP contribution in [0.2, 0.25) is 0 Å². The van der Waals surface area contributed by atoms with Crippen molar-refractivity contribution in [3.05, 3.63) is 58.4 Å². The van der Waals surface area contributed by atoms with Crippen molar-refractivity contribution in [2.75, 3.05) is 24.3 Å². The zero-order chi connectivity index (χ0) is 16.8. The number of nitro benzene ring substituents is 1. The summed E-state index contributed by atoms with van der Waals surface area (Å²) in [6.07, 6.45) is 0. The molecule has 0 radical (unpaired) electrons. The summed E-state index contributed by atoms with van der Waals surface area (Å²) in [4.78, 5) is 22.1. The molecule has 2 aromatic carbocycles. The number of hydrogen-bond donors (Lipinski definition) is 2. The van der Waals surface area contributed by atoms with Gasteiger partial charge in [0, 0.05) is 17.8 Å². The second kappa shape index (κ2) is 7.21. The van der Waals surface area contributed by atoms with E-state index in [0.29, 0.717) is 11.4 Å². The van der Waals surface area contributed by atoms with Crippen LogP contribution in [0.1, 0.15) is 0 Å². The van der Waals surface area contributed by atoms with Crippen molar-refractivity contribution >= 4 is 23.0 Å². The normalized spacial score (nSPS) is 10.0. The van der Waals surface area contributed by atoms with Crippen LogP contribution in [0.5, 0.6) is 5.75 Å². The Morgan fingerprint density at radius 3 is 2.74 bits per heavy atom. The Morgan fingerprint density at radius 2 is 2.09 bits per heavy atom. The average molecular weight is 319 g/mol. The molecule has 0 fully saturated rings. The number of anilines is 2. The van der Waals surface area contributed by atoms with Gasteiger partial charge in [-0.05, 0) is 24.3 Å². The van der Waals surface area contributed by atoms with Crippen LogP contribution in [-0.2, 0) is 4.79 Å². The van der Waals surface area contributed by atoms with Crippen molar-refractivity contribution in [3.63, 3.8) is 0 Å².